The second-order valence-corrected chi connectivity index (χ2v) is 7.81. The molecule has 1 aliphatic rings. The Kier molecular flexibility index (Phi) is 5.14. The van der Waals surface area contributed by atoms with Crippen LogP contribution in [0.15, 0.2) is 55.5 Å². The number of pyridine rings is 1. The van der Waals surface area contributed by atoms with E-state index in [1.54, 1.807) is 21.9 Å². The number of nitrogens with one attached hydrogen (secondary N) is 2. The van der Waals surface area contributed by atoms with Crippen molar-refractivity contribution in [2.75, 3.05) is 13.1 Å². The Balaban J connectivity index is 1.31. The van der Waals surface area contributed by atoms with Crippen molar-refractivity contribution in [3.8, 4) is 11.1 Å². The lowest BCUT2D eigenvalue weighted by Gasteiger charge is -2.22. The smallest absolute Gasteiger partial charge is 0.246 e. The molecule has 162 valence electrons. The van der Waals surface area contributed by atoms with Crippen molar-refractivity contribution < 1.29 is 9.59 Å². The van der Waals surface area contributed by atoms with Gasteiger partial charge in [-0.15, -0.1) is 0 Å². The Labute approximate surface area is 184 Å². The van der Waals surface area contributed by atoms with Crippen LogP contribution in [0.4, 0.5) is 0 Å². The van der Waals surface area contributed by atoms with Crippen LogP contribution in [-0.2, 0) is 16.0 Å². The Morgan fingerprint density at radius 3 is 3.03 bits per heavy atom. The maximum Gasteiger partial charge on any atom is 0.246 e. The van der Waals surface area contributed by atoms with E-state index in [4.69, 9.17) is 0 Å². The minimum Gasteiger partial charge on any atom is -0.354 e. The van der Waals surface area contributed by atoms with Gasteiger partial charge in [0, 0.05) is 48.5 Å². The van der Waals surface area contributed by atoms with Crippen LogP contribution in [0.3, 0.4) is 0 Å². The summed E-state index contributed by atoms with van der Waals surface area (Å²) in [4.78, 5) is 33.9. The molecular formula is C23H23N7O2. The summed E-state index contributed by atoms with van der Waals surface area (Å²) in [6, 6.07) is 7.48. The fourth-order valence-electron chi connectivity index (χ4n) is 4.35. The quantitative estimate of drug-likeness (QED) is 0.457. The highest BCUT2D eigenvalue weighted by Gasteiger charge is 2.32. The number of fused-ring (bicyclic) bond motifs is 2. The zero-order valence-electron chi connectivity index (χ0n) is 17.5. The molecule has 9 heteroatoms. The van der Waals surface area contributed by atoms with E-state index in [1.165, 1.54) is 6.08 Å². The van der Waals surface area contributed by atoms with E-state index in [2.05, 4.69) is 38.1 Å². The molecule has 0 aliphatic carbocycles. The molecule has 0 saturated carbocycles. The molecule has 1 aliphatic heterocycles. The third-order valence-corrected chi connectivity index (χ3v) is 5.89. The number of likely N-dealkylation sites (tertiary alicyclic amines) is 1. The predicted molar refractivity (Wildman–Crippen MR) is 120 cm³/mol. The van der Waals surface area contributed by atoms with Crippen LogP contribution >= 0.6 is 0 Å². The van der Waals surface area contributed by atoms with Gasteiger partial charge in [-0.1, -0.05) is 6.58 Å². The molecule has 0 spiro atoms. The molecule has 0 radical (unpaired) electrons. The number of aromatic nitrogens is 5. The van der Waals surface area contributed by atoms with Crippen LogP contribution in [0, 0.1) is 0 Å². The first kappa shape index (κ1) is 19.9. The van der Waals surface area contributed by atoms with E-state index in [1.807, 2.05) is 24.4 Å². The van der Waals surface area contributed by atoms with Gasteiger partial charge in [-0.05, 0) is 48.7 Å². The standard InChI is InChI=1S/C23H23N7O2/c1-2-21(31)29-12-4-6-20(29)23(32)25-10-7-15-13-17-16(8-11-24-22(17)28-15)18-14-27-30-19(18)5-3-9-26-30/h2-3,5,8-9,11,13-14,20H,1,4,6-7,10,12H2,(H,24,28)(H,25,32)/t20-/m0/s1. The summed E-state index contributed by atoms with van der Waals surface area (Å²) in [5, 5.41) is 12.5. The molecule has 1 fully saturated rings. The lowest BCUT2D eigenvalue weighted by atomic mass is 10.1. The summed E-state index contributed by atoms with van der Waals surface area (Å²) in [6.45, 7) is 4.58. The van der Waals surface area contributed by atoms with Gasteiger partial charge < -0.3 is 15.2 Å². The fraction of sp³-hybridized carbons (Fsp3) is 0.261. The topological polar surface area (TPSA) is 108 Å². The third kappa shape index (κ3) is 3.51. The summed E-state index contributed by atoms with van der Waals surface area (Å²) >= 11 is 0. The van der Waals surface area contributed by atoms with E-state index in [0.29, 0.717) is 25.9 Å². The van der Waals surface area contributed by atoms with Gasteiger partial charge in [0.1, 0.15) is 11.7 Å². The summed E-state index contributed by atoms with van der Waals surface area (Å²) in [6.07, 6.45) is 8.67. The Morgan fingerprint density at radius 2 is 2.16 bits per heavy atom. The monoisotopic (exact) mass is 429 g/mol. The maximum atomic E-state index is 12.6. The molecule has 9 nitrogen and oxygen atoms in total. The van der Waals surface area contributed by atoms with Gasteiger partial charge in [0.2, 0.25) is 11.8 Å². The molecule has 4 aromatic rings. The molecular weight excluding hydrogens is 406 g/mol. The average molecular weight is 429 g/mol. The third-order valence-electron chi connectivity index (χ3n) is 5.89. The van der Waals surface area contributed by atoms with E-state index in [0.717, 1.165) is 39.8 Å². The largest absolute Gasteiger partial charge is 0.354 e. The summed E-state index contributed by atoms with van der Waals surface area (Å²) < 4.78 is 1.61. The first-order chi connectivity index (χ1) is 15.7. The maximum absolute atomic E-state index is 12.6. The first-order valence-corrected chi connectivity index (χ1v) is 10.6. The summed E-state index contributed by atoms with van der Waals surface area (Å²) in [7, 11) is 0. The zero-order valence-corrected chi connectivity index (χ0v) is 17.5. The van der Waals surface area contributed by atoms with Crippen molar-refractivity contribution in [1.82, 2.24) is 35.0 Å². The van der Waals surface area contributed by atoms with Gasteiger partial charge in [-0.25, -0.2) is 4.98 Å². The predicted octanol–water partition coefficient (Wildman–Crippen LogP) is 2.11. The number of H-pyrrole nitrogens is 1. The van der Waals surface area contributed by atoms with Gasteiger partial charge in [0.25, 0.3) is 0 Å². The Hall–Kier alpha value is -4.01. The molecule has 1 atom stereocenters. The van der Waals surface area contributed by atoms with Crippen LogP contribution in [0.1, 0.15) is 18.5 Å². The van der Waals surface area contributed by atoms with Crippen molar-refractivity contribution in [2.24, 2.45) is 0 Å². The van der Waals surface area contributed by atoms with Gasteiger partial charge in [0.15, 0.2) is 0 Å². The zero-order chi connectivity index (χ0) is 22.1. The van der Waals surface area contributed by atoms with E-state index in [9.17, 15) is 9.59 Å². The second kappa shape index (κ2) is 8.26. The molecule has 4 aromatic heterocycles. The molecule has 0 unspecified atom stereocenters. The highest BCUT2D eigenvalue weighted by Crippen LogP contribution is 2.30. The second-order valence-electron chi connectivity index (χ2n) is 7.81. The van der Waals surface area contributed by atoms with Crippen LogP contribution in [-0.4, -0.2) is 60.6 Å². The lowest BCUT2D eigenvalue weighted by Crippen LogP contribution is -2.45. The molecule has 1 saturated heterocycles. The molecule has 0 aromatic carbocycles. The molecule has 0 bridgehead atoms. The number of nitrogens with zero attached hydrogens (tertiary/aromatic N) is 5. The van der Waals surface area contributed by atoms with Crippen molar-refractivity contribution in [1.29, 1.82) is 0 Å². The highest BCUT2D eigenvalue weighted by atomic mass is 16.2. The summed E-state index contributed by atoms with van der Waals surface area (Å²) in [5.74, 6) is -0.314. The normalized spacial score (nSPS) is 16.0. The van der Waals surface area contributed by atoms with Crippen LogP contribution in [0.2, 0.25) is 0 Å². The van der Waals surface area contributed by atoms with E-state index >= 15 is 0 Å². The lowest BCUT2D eigenvalue weighted by molar-refractivity contribution is -0.135. The number of rotatable bonds is 6. The first-order valence-electron chi connectivity index (χ1n) is 10.6. The minimum atomic E-state index is -0.416. The van der Waals surface area contributed by atoms with Gasteiger partial charge in [-0.3, -0.25) is 9.59 Å². The van der Waals surface area contributed by atoms with Crippen molar-refractivity contribution in [3.63, 3.8) is 0 Å². The molecule has 2 amide bonds. The van der Waals surface area contributed by atoms with E-state index < -0.39 is 6.04 Å². The number of aromatic amines is 1. The highest BCUT2D eigenvalue weighted by molar-refractivity contribution is 5.97. The number of amides is 2. The fourth-order valence-corrected chi connectivity index (χ4v) is 4.35. The SMILES string of the molecule is C=CC(=O)N1CCC[C@H]1C(=O)NCCc1cc2c(-c3cnn4ncccc34)ccnc2[nH]1. The number of carbonyl (C=O) groups is 2. The Morgan fingerprint density at radius 1 is 1.25 bits per heavy atom. The minimum absolute atomic E-state index is 0.119. The number of hydrogen-bond donors (Lipinski definition) is 2. The van der Waals surface area contributed by atoms with Crippen LogP contribution in [0.25, 0.3) is 27.7 Å². The van der Waals surface area contributed by atoms with Crippen molar-refractivity contribution in [2.45, 2.75) is 25.3 Å². The molecule has 5 heterocycles. The van der Waals surface area contributed by atoms with Gasteiger partial charge in [-0.2, -0.15) is 14.8 Å². The average Bonchev–Trinajstić information content (AvgIpc) is 3.55. The van der Waals surface area contributed by atoms with Crippen LogP contribution < -0.4 is 5.32 Å². The number of hydrogen-bond acceptors (Lipinski definition) is 5. The summed E-state index contributed by atoms with van der Waals surface area (Å²) in [5.41, 5.74) is 4.68. The molecule has 32 heavy (non-hydrogen) atoms. The van der Waals surface area contributed by atoms with E-state index in [-0.39, 0.29) is 11.8 Å². The molecule has 5 rings (SSSR count). The van der Waals surface area contributed by atoms with Crippen LogP contribution in [0.5, 0.6) is 0 Å². The number of carbonyl (C=O) groups excluding carboxylic acids is 2. The molecule has 2 N–H and O–H groups in total. The van der Waals surface area contributed by atoms with Gasteiger partial charge in [0.05, 0.1) is 11.7 Å². The van der Waals surface area contributed by atoms with Crippen molar-refractivity contribution in [3.05, 3.63) is 61.2 Å². The Bertz CT molecular complexity index is 1320. The van der Waals surface area contributed by atoms with Gasteiger partial charge >= 0.3 is 0 Å². The van der Waals surface area contributed by atoms with Crippen molar-refractivity contribution >= 4 is 28.4 Å².